The van der Waals surface area contributed by atoms with Gasteiger partial charge in [0.15, 0.2) is 0 Å². The first-order valence-corrected chi connectivity index (χ1v) is 8.00. The number of unbranched alkanes of at least 4 members (excludes halogenated alkanes) is 2. The van der Waals surface area contributed by atoms with Crippen LogP contribution in [0.3, 0.4) is 0 Å². The average Bonchev–Trinajstić information content (AvgIpc) is 2.48. The summed E-state index contributed by atoms with van der Waals surface area (Å²) < 4.78 is 0. The van der Waals surface area contributed by atoms with Gasteiger partial charge < -0.3 is 10.6 Å². The molecule has 22 heavy (non-hydrogen) atoms. The normalized spacial score (nSPS) is 10.7. The standard InChI is InChI=1S/C18H27N3.ClH/c1-14(2)19-11-5-4-6-12-20-17-15(3)9-10-16-8-7-13-21-18(16)17;/h7-10,13-14,19-20H,4-6,11-12H2,1-3H3;1H. The third kappa shape index (κ3) is 5.47. The summed E-state index contributed by atoms with van der Waals surface area (Å²) in [6.07, 6.45) is 5.56. The summed E-state index contributed by atoms with van der Waals surface area (Å²) in [7, 11) is 0. The molecule has 0 radical (unpaired) electrons. The molecule has 0 aliphatic rings. The number of pyridine rings is 1. The summed E-state index contributed by atoms with van der Waals surface area (Å²) in [5, 5.41) is 8.23. The number of hydrogen-bond acceptors (Lipinski definition) is 3. The molecule has 0 bridgehead atoms. The Hall–Kier alpha value is -1.32. The first-order valence-electron chi connectivity index (χ1n) is 8.00. The monoisotopic (exact) mass is 321 g/mol. The molecule has 0 saturated heterocycles. The van der Waals surface area contributed by atoms with Crippen LogP contribution in [0.25, 0.3) is 10.9 Å². The van der Waals surface area contributed by atoms with E-state index in [1.54, 1.807) is 0 Å². The van der Waals surface area contributed by atoms with Gasteiger partial charge >= 0.3 is 0 Å². The van der Waals surface area contributed by atoms with E-state index in [1.807, 2.05) is 12.3 Å². The summed E-state index contributed by atoms with van der Waals surface area (Å²) in [6, 6.07) is 9.00. The topological polar surface area (TPSA) is 37.0 Å². The first kappa shape index (κ1) is 18.7. The summed E-state index contributed by atoms with van der Waals surface area (Å²) in [5.74, 6) is 0. The van der Waals surface area contributed by atoms with E-state index >= 15 is 0 Å². The fraction of sp³-hybridized carbons (Fsp3) is 0.500. The second kappa shape index (κ2) is 9.65. The Morgan fingerprint density at radius 1 is 1.05 bits per heavy atom. The van der Waals surface area contributed by atoms with Crippen LogP contribution in [0.4, 0.5) is 5.69 Å². The smallest absolute Gasteiger partial charge is 0.0935 e. The van der Waals surface area contributed by atoms with Gasteiger partial charge in [0, 0.05) is 24.2 Å². The third-order valence-corrected chi connectivity index (χ3v) is 3.69. The zero-order valence-corrected chi connectivity index (χ0v) is 14.7. The van der Waals surface area contributed by atoms with Crippen LogP contribution in [0.5, 0.6) is 0 Å². The van der Waals surface area contributed by atoms with Crippen LogP contribution in [0, 0.1) is 6.92 Å². The Kier molecular flexibility index (Phi) is 8.21. The number of aromatic nitrogens is 1. The van der Waals surface area contributed by atoms with Crippen LogP contribution in [-0.4, -0.2) is 24.1 Å². The van der Waals surface area contributed by atoms with Gasteiger partial charge in [-0.05, 0) is 37.9 Å². The van der Waals surface area contributed by atoms with Crippen molar-refractivity contribution in [3.05, 3.63) is 36.0 Å². The molecule has 0 atom stereocenters. The number of aryl methyl sites for hydroxylation is 1. The molecule has 0 unspecified atom stereocenters. The molecule has 1 heterocycles. The van der Waals surface area contributed by atoms with Crippen LogP contribution in [0.2, 0.25) is 0 Å². The highest BCUT2D eigenvalue weighted by Gasteiger charge is 2.04. The van der Waals surface area contributed by atoms with E-state index in [2.05, 4.69) is 54.6 Å². The van der Waals surface area contributed by atoms with Gasteiger partial charge in [0.05, 0.1) is 11.2 Å². The van der Waals surface area contributed by atoms with Crippen LogP contribution in [0.15, 0.2) is 30.5 Å². The van der Waals surface area contributed by atoms with Crippen LogP contribution in [0.1, 0.15) is 38.7 Å². The summed E-state index contributed by atoms with van der Waals surface area (Å²) in [5.41, 5.74) is 3.54. The maximum Gasteiger partial charge on any atom is 0.0935 e. The Balaban J connectivity index is 0.00000242. The van der Waals surface area contributed by atoms with Crippen molar-refractivity contribution in [3.8, 4) is 0 Å². The molecule has 0 aliphatic carbocycles. The molecule has 1 aromatic carbocycles. The highest BCUT2D eigenvalue weighted by molar-refractivity contribution is 5.91. The van der Waals surface area contributed by atoms with E-state index in [0.717, 1.165) is 18.6 Å². The zero-order valence-electron chi connectivity index (χ0n) is 13.9. The van der Waals surface area contributed by atoms with Gasteiger partial charge in [-0.3, -0.25) is 4.98 Å². The SMILES string of the molecule is Cc1ccc2cccnc2c1NCCCCCNC(C)C.Cl. The minimum atomic E-state index is 0. The van der Waals surface area contributed by atoms with Crippen LogP contribution in [-0.2, 0) is 0 Å². The van der Waals surface area contributed by atoms with Crippen molar-refractivity contribution in [1.82, 2.24) is 10.3 Å². The van der Waals surface area contributed by atoms with E-state index < -0.39 is 0 Å². The molecule has 0 fully saturated rings. The molecule has 122 valence electrons. The highest BCUT2D eigenvalue weighted by atomic mass is 35.5. The van der Waals surface area contributed by atoms with Gasteiger partial charge in [-0.25, -0.2) is 0 Å². The lowest BCUT2D eigenvalue weighted by Crippen LogP contribution is -2.23. The molecule has 2 rings (SSSR count). The van der Waals surface area contributed by atoms with Crippen molar-refractivity contribution in [1.29, 1.82) is 0 Å². The van der Waals surface area contributed by atoms with Gasteiger partial charge in [-0.2, -0.15) is 0 Å². The van der Waals surface area contributed by atoms with E-state index in [4.69, 9.17) is 0 Å². The minimum Gasteiger partial charge on any atom is -0.383 e. The zero-order chi connectivity index (χ0) is 15.1. The van der Waals surface area contributed by atoms with Crippen molar-refractivity contribution < 1.29 is 0 Å². The van der Waals surface area contributed by atoms with Crippen molar-refractivity contribution in [2.75, 3.05) is 18.4 Å². The number of nitrogens with zero attached hydrogens (tertiary/aromatic N) is 1. The molecule has 0 amide bonds. The fourth-order valence-corrected chi connectivity index (χ4v) is 2.50. The van der Waals surface area contributed by atoms with E-state index in [-0.39, 0.29) is 12.4 Å². The number of nitrogens with one attached hydrogen (secondary N) is 2. The number of halogens is 1. The van der Waals surface area contributed by atoms with Crippen molar-refractivity contribution in [2.24, 2.45) is 0 Å². The molecule has 2 N–H and O–H groups in total. The number of benzene rings is 1. The van der Waals surface area contributed by atoms with Crippen LogP contribution >= 0.6 is 12.4 Å². The second-order valence-electron chi connectivity index (χ2n) is 5.93. The number of hydrogen-bond donors (Lipinski definition) is 2. The molecule has 4 heteroatoms. The molecule has 0 spiro atoms. The molecule has 0 aliphatic heterocycles. The predicted octanol–water partition coefficient (Wildman–Crippen LogP) is 4.55. The van der Waals surface area contributed by atoms with E-state index in [0.29, 0.717) is 6.04 Å². The summed E-state index contributed by atoms with van der Waals surface area (Å²) in [6.45, 7) is 8.66. The Morgan fingerprint density at radius 3 is 2.59 bits per heavy atom. The number of fused-ring (bicyclic) bond motifs is 1. The Labute approximate surface area is 140 Å². The molecule has 0 saturated carbocycles. The maximum atomic E-state index is 4.52. The maximum absolute atomic E-state index is 4.52. The van der Waals surface area contributed by atoms with Gasteiger partial charge in [-0.15, -0.1) is 12.4 Å². The number of anilines is 1. The Bertz CT molecular complexity index is 569. The molecular formula is C18H28ClN3. The summed E-state index contributed by atoms with van der Waals surface area (Å²) in [4.78, 5) is 4.52. The lowest BCUT2D eigenvalue weighted by Gasteiger charge is -2.12. The van der Waals surface area contributed by atoms with E-state index in [9.17, 15) is 0 Å². The molecule has 2 aromatic rings. The van der Waals surface area contributed by atoms with Gasteiger partial charge in [0.1, 0.15) is 0 Å². The molecule has 3 nitrogen and oxygen atoms in total. The molecule has 1 aromatic heterocycles. The number of rotatable bonds is 8. The largest absolute Gasteiger partial charge is 0.383 e. The van der Waals surface area contributed by atoms with Crippen LogP contribution < -0.4 is 10.6 Å². The predicted molar refractivity (Wildman–Crippen MR) is 99.2 cm³/mol. The highest BCUT2D eigenvalue weighted by Crippen LogP contribution is 2.25. The van der Waals surface area contributed by atoms with E-state index in [1.165, 1.54) is 35.9 Å². The average molecular weight is 322 g/mol. The van der Waals surface area contributed by atoms with Crippen molar-refractivity contribution in [2.45, 2.75) is 46.1 Å². The van der Waals surface area contributed by atoms with Gasteiger partial charge in [0.25, 0.3) is 0 Å². The summed E-state index contributed by atoms with van der Waals surface area (Å²) >= 11 is 0. The molecular weight excluding hydrogens is 294 g/mol. The van der Waals surface area contributed by atoms with Gasteiger partial charge in [0.2, 0.25) is 0 Å². The minimum absolute atomic E-state index is 0. The first-order chi connectivity index (χ1) is 10.2. The van der Waals surface area contributed by atoms with Crippen molar-refractivity contribution >= 4 is 29.0 Å². The lowest BCUT2D eigenvalue weighted by molar-refractivity contribution is 0.552. The quantitative estimate of drug-likeness (QED) is 0.701. The van der Waals surface area contributed by atoms with Gasteiger partial charge in [-0.1, -0.05) is 38.5 Å². The van der Waals surface area contributed by atoms with Crippen molar-refractivity contribution in [3.63, 3.8) is 0 Å². The lowest BCUT2D eigenvalue weighted by atomic mass is 10.1. The second-order valence-corrected chi connectivity index (χ2v) is 5.93. The Morgan fingerprint density at radius 2 is 1.82 bits per heavy atom. The third-order valence-electron chi connectivity index (χ3n) is 3.69. The fourth-order valence-electron chi connectivity index (χ4n) is 2.50.